The molecule has 1 aliphatic heterocycles. The molecule has 0 radical (unpaired) electrons. The summed E-state index contributed by atoms with van der Waals surface area (Å²) in [7, 11) is 0. The first kappa shape index (κ1) is 37.5. The molecular formula is C51H74N2O2. The van der Waals surface area contributed by atoms with Crippen molar-refractivity contribution >= 4 is 0 Å². The van der Waals surface area contributed by atoms with Crippen LogP contribution >= 0.6 is 0 Å². The largest absolute Gasteiger partial charge is 0.392 e. The van der Waals surface area contributed by atoms with Crippen molar-refractivity contribution in [1.82, 2.24) is 10.6 Å². The van der Waals surface area contributed by atoms with Gasteiger partial charge in [0.2, 0.25) is 0 Å². The van der Waals surface area contributed by atoms with E-state index in [9.17, 15) is 10.2 Å². The van der Waals surface area contributed by atoms with Gasteiger partial charge in [-0.15, -0.1) is 0 Å². The lowest BCUT2D eigenvalue weighted by Crippen LogP contribution is -2.66. The molecule has 1 saturated heterocycles. The van der Waals surface area contributed by atoms with Crippen LogP contribution in [0.1, 0.15) is 148 Å². The van der Waals surface area contributed by atoms with E-state index in [0.717, 1.165) is 24.7 Å². The second-order valence-electron chi connectivity index (χ2n) is 22.4. The Bertz CT molecular complexity index is 1750. The van der Waals surface area contributed by atoms with Gasteiger partial charge in [-0.05, 0) is 192 Å². The molecule has 1 aromatic carbocycles. The summed E-state index contributed by atoms with van der Waals surface area (Å²) >= 11 is 0. The summed E-state index contributed by atoms with van der Waals surface area (Å²) in [5.74, 6) is 5.31. The molecule has 6 saturated carbocycles. The summed E-state index contributed by atoms with van der Waals surface area (Å²) in [6, 6.07) is 10.8. The predicted molar refractivity (Wildman–Crippen MR) is 225 cm³/mol. The molecule has 300 valence electrons. The number of hydrogen-bond donors (Lipinski definition) is 4. The van der Waals surface area contributed by atoms with Gasteiger partial charge in [-0.2, -0.15) is 0 Å². The SMILES string of the molecule is C=C(C)[C@H]1CC2=C(C)C=C3C[C@]2(C)[C@@]2(CC[C@H](Cc4cccc(c4)C4(CCCCC4)[C@@H]4C[C@H]3N[C@@]3(C)[C@@H]5[C@H](C[C@H]6C[C@@H](NC[C@H](C)O)[C@H](O)C[C@H]65)C[C@@H]43)C2)C1. The zero-order valence-corrected chi connectivity index (χ0v) is 35.1. The fourth-order valence-corrected chi connectivity index (χ4v) is 17.3. The van der Waals surface area contributed by atoms with Gasteiger partial charge >= 0.3 is 0 Å². The molecule has 8 aliphatic carbocycles. The standard InChI is InChI=1S/C51H74N2O2/c1-30(2)37-22-41-31(3)17-38-27-48(41,5)50(28-37)16-13-34(26-50)18-33-11-10-12-39(19-33)51(14-8-7-9-15-51)43-25-44(38)53-49(6)42(43)21-36-20-35-23-45(52-29-32(4)54)46(55)24-40(35)47(36)49/h10-12,17,19,32,34-37,40,42-47,52-55H,1,7-9,13-16,18,20-29H2,2-6H3/t32-,34+,35-,36+,37-,40+,42-,43+,44+,45+,46+,47+,48-,49+,50+/m0/s1. The van der Waals surface area contributed by atoms with E-state index in [1.165, 1.54) is 102 Å². The molecule has 9 aliphatic rings. The normalized spacial score (nSPS) is 47.3. The number of aliphatic hydroxyl groups is 2. The van der Waals surface area contributed by atoms with E-state index in [-0.39, 0.29) is 34.6 Å². The van der Waals surface area contributed by atoms with Crippen molar-refractivity contribution in [3.63, 3.8) is 0 Å². The summed E-state index contributed by atoms with van der Waals surface area (Å²) in [6.45, 7) is 17.3. The number of rotatable bonds is 4. The van der Waals surface area contributed by atoms with Gasteiger partial charge in [0.1, 0.15) is 0 Å². The molecule has 8 bridgehead atoms. The minimum absolute atomic E-state index is 0.0593. The second kappa shape index (κ2) is 13.4. The maximum Gasteiger partial charge on any atom is 0.0696 e. The summed E-state index contributed by atoms with van der Waals surface area (Å²) in [4.78, 5) is 0. The van der Waals surface area contributed by atoms with Crippen molar-refractivity contribution in [2.75, 3.05) is 6.54 Å². The monoisotopic (exact) mass is 747 g/mol. The van der Waals surface area contributed by atoms with Crippen LogP contribution in [0.25, 0.3) is 0 Å². The average molecular weight is 747 g/mol. The van der Waals surface area contributed by atoms with Crippen molar-refractivity contribution in [3.8, 4) is 0 Å². The lowest BCUT2D eigenvalue weighted by atomic mass is 9.46. The summed E-state index contributed by atoms with van der Waals surface area (Å²) in [5, 5.41) is 30.0. The van der Waals surface area contributed by atoms with Gasteiger partial charge in [-0.3, -0.25) is 0 Å². The van der Waals surface area contributed by atoms with Crippen molar-refractivity contribution in [1.29, 1.82) is 0 Å². The van der Waals surface area contributed by atoms with Gasteiger partial charge in [-0.25, -0.2) is 0 Å². The lowest BCUT2D eigenvalue weighted by molar-refractivity contribution is -0.0236. The van der Waals surface area contributed by atoms with E-state index < -0.39 is 0 Å². The highest BCUT2D eigenvalue weighted by molar-refractivity contribution is 5.45. The van der Waals surface area contributed by atoms with Crippen molar-refractivity contribution < 1.29 is 10.2 Å². The first-order valence-electron chi connectivity index (χ1n) is 23.4. The molecule has 4 N–H and O–H groups in total. The molecule has 7 fully saturated rings. The molecule has 1 aromatic rings. The number of aliphatic hydroxyl groups excluding tert-OH is 2. The molecule has 0 unspecified atom stereocenters. The number of nitrogens with one attached hydrogen (secondary N) is 2. The number of benzene rings is 1. The molecular weight excluding hydrogens is 673 g/mol. The van der Waals surface area contributed by atoms with Gasteiger partial charge in [0.15, 0.2) is 0 Å². The predicted octanol–water partition coefficient (Wildman–Crippen LogP) is 9.99. The highest BCUT2D eigenvalue weighted by Crippen LogP contribution is 2.70. The van der Waals surface area contributed by atoms with Crippen LogP contribution in [-0.2, 0) is 11.8 Å². The maximum absolute atomic E-state index is 11.7. The topological polar surface area (TPSA) is 64.5 Å². The first-order valence-corrected chi connectivity index (χ1v) is 23.4. The molecule has 4 heteroatoms. The molecule has 0 amide bonds. The molecule has 15 atom stereocenters. The molecule has 0 aromatic heterocycles. The summed E-state index contributed by atoms with van der Waals surface area (Å²) < 4.78 is 0. The Morgan fingerprint density at radius 3 is 2.58 bits per heavy atom. The number of hydrogen-bond acceptors (Lipinski definition) is 4. The quantitative estimate of drug-likeness (QED) is 0.232. The Kier molecular flexibility index (Phi) is 9.15. The van der Waals surface area contributed by atoms with Crippen LogP contribution in [0.15, 0.2) is 59.2 Å². The van der Waals surface area contributed by atoms with Crippen LogP contribution < -0.4 is 10.6 Å². The van der Waals surface area contributed by atoms with E-state index >= 15 is 0 Å². The third-order valence-electron chi connectivity index (χ3n) is 19.6. The minimum atomic E-state index is -0.383. The zero-order chi connectivity index (χ0) is 38.1. The van der Waals surface area contributed by atoms with Gasteiger partial charge in [0, 0.05) is 24.2 Å². The molecule has 2 spiro atoms. The van der Waals surface area contributed by atoms with Gasteiger partial charge < -0.3 is 20.8 Å². The molecule has 4 nitrogen and oxygen atoms in total. The van der Waals surface area contributed by atoms with E-state index in [0.29, 0.717) is 53.5 Å². The van der Waals surface area contributed by atoms with E-state index in [4.69, 9.17) is 5.32 Å². The Balaban J connectivity index is 1.10. The fourth-order valence-electron chi connectivity index (χ4n) is 17.3. The van der Waals surface area contributed by atoms with E-state index in [2.05, 4.69) is 69.9 Å². The van der Waals surface area contributed by atoms with Crippen LogP contribution in [0.2, 0.25) is 0 Å². The third kappa shape index (κ3) is 5.70. The van der Waals surface area contributed by atoms with Gasteiger partial charge in [-0.1, -0.05) is 85.4 Å². The number of allylic oxidation sites excluding steroid dienone is 4. The van der Waals surface area contributed by atoms with Crippen molar-refractivity contribution in [2.45, 2.75) is 179 Å². The van der Waals surface area contributed by atoms with Crippen molar-refractivity contribution in [3.05, 3.63) is 70.3 Å². The van der Waals surface area contributed by atoms with Crippen LogP contribution in [0.4, 0.5) is 0 Å². The smallest absolute Gasteiger partial charge is 0.0696 e. The van der Waals surface area contributed by atoms with Crippen LogP contribution in [-0.4, -0.2) is 46.6 Å². The summed E-state index contributed by atoms with van der Waals surface area (Å²) in [5.41, 5.74) is 10.7. The highest BCUT2D eigenvalue weighted by Gasteiger charge is 2.67. The minimum Gasteiger partial charge on any atom is -0.392 e. The highest BCUT2D eigenvalue weighted by atomic mass is 16.3. The zero-order valence-electron chi connectivity index (χ0n) is 35.1. The van der Waals surface area contributed by atoms with Gasteiger partial charge in [0.25, 0.3) is 0 Å². The van der Waals surface area contributed by atoms with Crippen LogP contribution in [0.5, 0.6) is 0 Å². The summed E-state index contributed by atoms with van der Waals surface area (Å²) in [6.07, 6.45) is 23.9. The maximum atomic E-state index is 11.7. The second-order valence-corrected chi connectivity index (χ2v) is 22.4. The molecule has 10 rings (SSSR count). The first-order chi connectivity index (χ1) is 26.3. The Morgan fingerprint density at radius 1 is 0.982 bits per heavy atom. The lowest BCUT2D eigenvalue weighted by Gasteiger charge is -2.60. The number of piperidine rings is 1. The number of fused-ring (bicyclic) bond motifs is 15. The van der Waals surface area contributed by atoms with E-state index in [1.54, 1.807) is 27.8 Å². The van der Waals surface area contributed by atoms with Gasteiger partial charge in [0.05, 0.1) is 12.2 Å². The third-order valence-corrected chi connectivity index (χ3v) is 19.6. The molecule has 1 heterocycles. The Morgan fingerprint density at radius 2 is 1.80 bits per heavy atom. The fraction of sp³-hybridized carbons (Fsp3) is 0.765. The van der Waals surface area contributed by atoms with E-state index in [1.807, 2.05) is 6.92 Å². The Hall–Kier alpha value is -1.72. The molecule has 55 heavy (non-hydrogen) atoms. The van der Waals surface area contributed by atoms with Crippen molar-refractivity contribution in [2.24, 2.45) is 58.2 Å². The average Bonchev–Trinajstić information content (AvgIpc) is 3.81. The van der Waals surface area contributed by atoms with Crippen LogP contribution in [0.3, 0.4) is 0 Å². The van der Waals surface area contributed by atoms with Crippen LogP contribution in [0, 0.1) is 58.2 Å². The Labute approximate surface area is 333 Å².